The highest BCUT2D eigenvalue weighted by Gasteiger charge is 2.50. The summed E-state index contributed by atoms with van der Waals surface area (Å²) in [7, 11) is 0. The van der Waals surface area contributed by atoms with Crippen molar-refractivity contribution in [3.63, 3.8) is 0 Å². The van der Waals surface area contributed by atoms with Gasteiger partial charge in [-0.2, -0.15) is 0 Å². The normalized spacial score (nSPS) is 26.0. The zero-order chi connectivity index (χ0) is 20.1. The van der Waals surface area contributed by atoms with Crippen molar-refractivity contribution in [1.82, 2.24) is 21.1 Å². The first kappa shape index (κ1) is 20.7. The Balaban J connectivity index is 1.41. The number of nitrogens with one attached hydrogen (secondary N) is 4. The number of quaternary nitrogens is 1. The summed E-state index contributed by atoms with van der Waals surface area (Å²) in [5.74, 6) is -1.69. The van der Waals surface area contributed by atoms with Crippen LogP contribution >= 0.6 is 12.2 Å². The third kappa shape index (κ3) is 4.68. The molecule has 1 aliphatic carbocycles. The van der Waals surface area contributed by atoms with E-state index in [9.17, 15) is 14.4 Å². The average Bonchev–Trinajstić information content (AvgIpc) is 2.97. The van der Waals surface area contributed by atoms with Crippen LogP contribution in [0.3, 0.4) is 0 Å². The van der Waals surface area contributed by atoms with Crippen LogP contribution < -0.4 is 21.1 Å². The molecule has 0 radical (unpaired) electrons. The number of carbonyl (C=O) groups excluding carboxylic acids is 3. The van der Waals surface area contributed by atoms with Crippen molar-refractivity contribution < 1.29 is 24.0 Å². The summed E-state index contributed by atoms with van der Waals surface area (Å²) in [6.07, 6.45) is 4.95. The molecule has 10 heteroatoms. The number of nitrogens with zero attached hydrogens (tertiary/aromatic N) is 1. The Morgan fingerprint density at radius 3 is 2.43 bits per heavy atom. The van der Waals surface area contributed by atoms with Gasteiger partial charge in [0.05, 0.1) is 38.1 Å². The predicted octanol–water partition coefficient (Wildman–Crippen LogP) is -2.26. The first-order chi connectivity index (χ1) is 13.5. The molecular weight excluding hydrogens is 382 g/mol. The summed E-state index contributed by atoms with van der Waals surface area (Å²) in [4.78, 5) is 40.0. The highest BCUT2D eigenvalue weighted by Crippen LogP contribution is 2.35. The molecule has 0 aromatic rings. The van der Waals surface area contributed by atoms with Gasteiger partial charge in [-0.3, -0.25) is 30.1 Å². The number of ether oxygens (including phenoxy) is 1. The number of allylic oxidation sites excluding steroid dienone is 2. The van der Waals surface area contributed by atoms with Crippen LogP contribution in [0.2, 0.25) is 0 Å². The van der Waals surface area contributed by atoms with E-state index < -0.39 is 11.9 Å². The van der Waals surface area contributed by atoms with Gasteiger partial charge in [0.2, 0.25) is 11.8 Å². The van der Waals surface area contributed by atoms with Crippen LogP contribution in [-0.2, 0) is 19.1 Å². The minimum atomic E-state index is -0.890. The van der Waals surface area contributed by atoms with Gasteiger partial charge in [-0.25, -0.2) is 0 Å². The molecule has 0 saturated carbocycles. The summed E-state index contributed by atoms with van der Waals surface area (Å²) in [6.45, 7) is 6.64. The van der Waals surface area contributed by atoms with Gasteiger partial charge >= 0.3 is 0 Å². The Kier molecular flexibility index (Phi) is 6.97. The number of rotatable bonds is 5. The molecule has 2 heterocycles. The standard InChI is InChI=1S/C18H27N5O4S/c1-12(23-16(25)13-4-2-3-5-14(13)17(23)26)15(24)20-21-18(28)19-6-7-22-8-10-27-11-9-22/h2-3,12-14H,4-11H2,1H3,(H,20,24)(H2,19,21,28)/p+1/t12-,13-,14+/m0/s1. The zero-order valence-electron chi connectivity index (χ0n) is 16.0. The van der Waals surface area contributed by atoms with Crippen molar-refractivity contribution in [3.05, 3.63) is 12.2 Å². The Morgan fingerprint density at radius 1 is 1.21 bits per heavy atom. The molecule has 3 amide bonds. The molecule has 3 rings (SSSR count). The largest absolute Gasteiger partial charge is 0.370 e. The summed E-state index contributed by atoms with van der Waals surface area (Å²) >= 11 is 5.16. The number of likely N-dealkylation sites (tertiary alicyclic amines) is 1. The van der Waals surface area contributed by atoms with Crippen molar-refractivity contribution in [1.29, 1.82) is 0 Å². The number of hydrogen-bond donors (Lipinski definition) is 4. The maximum atomic E-state index is 12.5. The third-order valence-electron chi connectivity index (χ3n) is 5.57. The topological polar surface area (TPSA) is 104 Å². The smallest absolute Gasteiger partial charge is 0.261 e. The number of carbonyl (C=O) groups is 3. The Labute approximate surface area is 169 Å². The molecule has 28 heavy (non-hydrogen) atoms. The number of morpholine rings is 1. The SMILES string of the molecule is C[C@@H](C(=O)NNC(=S)NCC[NH+]1CCOCC1)N1C(=O)[C@H]2CC=CC[C@H]2C1=O. The minimum absolute atomic E-state index is 0.267. The fraction of sp³-hybridized carbons (Fsp3) is 0.667. The fourth-order valence-corrected chi connectivity index (χ4v) is 4.01. The summed E-state index contributed by atoms with van der Waals surface area (Å²) in [6, 6.07) is -0.890. The molecule has 0 unspecified atom stereocenters. The molecule has 0 aromatic heterocycles. The second kappa shape index (κ2) is 9.44. The van der Waals surface area contributed by atoms with E-state index in [1.807, 2.05) is 12.2 Å². The highest BCUT2D eigenvalue weighted by atomic mass is 32.1. The van der Waals surface area contributed by atoms with Gasteiger partial charge < -0.3 is 15.0 Å². The van der Waals surface area contributed by atoms with Crippen LogP contribution in [-0.4, -0.2) is 73.2 Å². The van der Waals surface area contributed by atoms with Crippen LogP contribution in [0.5, 0.6) is 0 Å². The quantitative estimate of drug-likeness (QED) is 0.175. The zero-order valence-corrected chi connectivity index (χ0v) is 16.8. The van der Waals surface area contributed by atoms with E-state index in [4.69, 9.17) is 17.0 Å². The minimum Gasteiger partial charge on any atom is -0.370 e. The average molecular weight is 411 g/mol. The summed E-state index contributed by atoms with van der Waals surface area (Å²) in [5.41, 5.74) is 5.13. The molecule has 2 saturated heterocycles. The van der Waals surface area contributed by atoms with Crippen LogP contribution in [0, 0.1) is 11.8 Å². The van der Waals surface area contributed by atoms with E-state index in [0.29, 0.717) is 24.5 Å². The van der Waals surface area contributed by atoms with Gasteiger partial charge in [-0.15, -0.1) is 0 Å². The molecule has 2 fully saturated rings. The molecule has 4 N–H and O–H groups in total. The number of hydrazine groups is 1. The Hall–Kier alpha value is -2.04. The molecule has 0 spiro atoms. The molecule has 2 aliphatic heterocycles. The van der Waals surface area contributed by atoms with E-state index in [1.165, 1.54) is 4.90 Å². The lowest BCUT2D eigenvalue weighted by molar-refractivity contribution is -0.906. The van der Waals surface area contributed by atoms with E-state index in [2.05, 4.69) is 16.2 Å². The molecular formula is C18H28N5O4S+. The molecule has 3 atom stereocenters. The maximum Gasteiger partial charge on any atom is 0.261 e. The van der Waals surface area contributed by atoms with E-state index in [-0.39, 0.29) is 23.7 Å². The summed E-state index contributed by atoms with van der Waals surface area (Å²) < 4.78 is 5.32. The number of hydrogen-bond acceptors (Lipinski definition) is 5. The van der Waals surface area contributed by atoms with Crippen molar-refractivity contribution in [2.75, 3.05) is 39.4 Å². The van der Waals surface area contributed by atoms with Gasteiger partial charge in [-0.05, 0) is 32.0 Å². The number of imide groups is 1. The fourth-order valence-electron chi connectivity index (χ4n) is 3.85. The van der Waals surface area contributed by atoms with Crippen molar-refractivity contribution >= 4 is 35.1 Å². The van der Waals surface area contributed by atoms with Gasteiger partial charge in [-0.1, -0.05) is 12.2 Å². The van der Waals surface area contributed by atoms with Crippen LogP contribution in [0.4, 0.5) is 0 Å². The number of thiocarbonyl (C=S) groups is 1. The van der Waals surface area contributed by atoms with Crippen LogP contribution in [0.15, 0.2) is 12.2 Å². The van der Waals surface area contributed by atoms with Gasteiger partial charge in [0.15, 0.2) is 5.11 Å². The van der Waals surface area contributed by atoms with Gasteiger partial charge in [0.25, 0.3) is 5.91 Å². The Morgan fingerprint density at radius 2 is 1.82 bits per heavy atom. The lowest BCUT2D eigenvalue weighted by atomic mass is 9.85. The van der Waals surface area contributed by atoms with Crippen molar-refractivity contribution in [3.8, 4) is 0 Å². The van der Waals surface area contributed by atoms with Crippen LogP contribution in [0.1, 0.15) is 19.8 Å². The van der Waals surface area contributed by atoms with Gasteiger partial charge in [0.1, 0.15) is 19.1 Å². The lowest BCUT2D eigenvalue weighted by Gasteiger charge is -2.24. The molecule has 0 bridgehead atoms. The first-order valence-electron chi connectivity index (χ1n) is 9.76. The molecule has 9 nitrogen and oxygen atoms in total. The molecule has 0 aromatic carbocycles. The second-order valence-corrected chi connectivity index (χ2v) is 7.77. The van der Waals surface area contributed by atoms with Crippen molar-refractivity contribution in [2.24, 2.45) is 11.8 Å². The van der Waals surface area contributed by atoms with Crippen LogP contribution in [0.25, 0.3) is 0 Å². The molecule has 3 aliphatic rings. The third-order valence-corrected chi connectivity index (χ3v) is 5.82. The van der Waals surface area contributed by atoms with E-state index in [1.54, 1.807) is 6.92 Å². The van der Waals surface area contributed by atoms with E-state index in [0.717, 1.165) is 37.7 Å². The number of fused-ring (bicyclic) bond motifs is 1. The first-order valence-corrected chi connectivity index (χ1v) is 10.2. The lowest BCUT2D eigenvalue weighted by Crippen LogP contribution is -3.14. The predicted molar refractivity (Wildman–Crippen MR) is 105 cm³/mol. The van der Waals surface area contributed by atoms with Gasteiger partial charge in [0, 0.05) is 0 Å². The molecule has 154 valence electrons. The van der Waals surface area contributed by atoms with Crippen molar-refractivity contribution in [2.45, 2.75) is 25.8 Å². The van der Waals surface area contributed by atoms with E-state index >= 15 is 0 Å². The maximum absolute atomic E-state index is 12.5. The monoisotopic (exact) mass is 410 g/mol. The Bertz CT molecular complexity index is 638. The summed E-state index contributed by atoms with van der Waals surface area (Å²) in [5, 5.41) is 3.34. The number of amides is 3. The second-order valence-electron chi connectivity index (χ2n) is 7.36. The highest BCUT2D eigenvalue weighted by molar-refractivity contribution is 7.80.